The molecule has 0 aliphatic rings. The Morgan fingerprint density at radius 2 is 1.96 bits per heavy atom. The van der Waals surface area contributed by atoms with E-state index in [9.17, 15) is 14.7 Å². The van der Waals surface area contributed by atoms with E-state index in [1.54, 1.807) is 12.1 Å². The van der Waals surface area contributed by atoms with Crippen LogP contribution in [0.3, 0.4) is 0 Å². The van der Waals surface area contributed by atoms with E-state index in [2.05, 4.69) is 4.98 Å². The second-order valence-corrected chi connectivity index (χ2v) is 6.14. The number of pyridine rings is 1. The third-order valence-corrected chi connectivity index (χ3v) is 4.19. The Morgan fingerprint density at radius 3 is 2.86 bits per heavy atom. The number of para-hydroxylation sites is 1. The summed E-state index contributed by atoms with van der Waals surface area (Å²) in [5, 5.41) is 11.1. The molecule has 6 heteroatoms. The van der Waals surface area contributed by atoms with Crippen molar-refractivity contribution in [1.29, 1.82) is 0 Å². The molecule has 0 atom stereocenters. The second-order valence-electron chi connectivity index (χ2n) is 6.14. The number of fused-ring (bicyclic) bond motifs is 2. The molecule has 0 fully saturated rings. The minimum absolute atomic E-state index is 0.0180. The predicted octanol–water partition coefficient (Wildman–Crippen LogP) is 3.80. The molecule has 2 aromatic carbocycles. The van der Waals surface area contributed by atoms with Crippen molar-refractivity contribution >= 4 is 33.9 Å². The van der Waals surface area contributed by atoms with Gasteiger partial charge in [-0.2, -0.15) is 0 Å². The zero-order valence-electron chi connectivity index (χ0n) is 14.7. The van der Waals surface area contributed by atoms with Gasteiger partial charge in [-0.15, -0.1) is 0 Å². The lowest BCUT2D eigenvalue weighted by Gasteiger charge is -2.06. The second kappa shape index (κ2) is 7.36. The molecule has 28 heavy (non-hydrogen) atoms. The molecular formula is C22H15NO5. The van der Waals surface area contributed by atoms with Crippen molar-refractivity contribution in [3.63, 3.8) is 0 Å². The first kappa shape index (κ1) is 17.5. The maximum absolute atomic E-state index is 12.1. The van der Waals surface area contributed by atoms with Crippen molar-refractivity contribution in [2.45, 2.75) is 6.61 Å². The molecule has 0 spiro atoms. The molecule has 0 amide bonds. The summed E-state index contributed by atoms with van der Waals surface area (Å²) in [6.45, 7) is -0.0960. The van der Waals surface area contributed by atoms with Gasteiger partial charge in [0.25, 0.3) is 0 Å². The third kappa shape index (κ3) is 3.76. The van der Waals surface area contributed by atoms with Crippen LogP contribution in [-0.2, 0) is 16.1 Å². The number of aromatic hydroxyl groups is 1. The van der Waals surface area contributed by atoms with E-state index in [1.165, 1.54) is 24.3 Å². The van der Waals surface area contributed by atoms with E-state index in [1.807, 2.05) is 36.4 Å². The standard InChI is InChI=1S/C22H15NO5/c24-17-8-9-18-15(11-22(26)28-20(18)12-17)13-27-21(25)10-7-16-6-5-14-3-1-2-4-19(14)23-16/h1-12,24H,13H2/b10-7+. The molecule has 0 radical (unpaired) electrons. The molecule has 138 valence electrons. The summed E-state index contributed by atoms with van der Waals surface area (Å²) >= 11 is 0. The number of benzene rings is 2. The van der Waals surface area contributed by atoms with E-state index >= 15 is 0 Å². The molecule has 4 rings (SSSR count). The first-order valence-corrected chi connectivity index (χ1v) is 8.55. The van der Waals surface area contributed by atoms with Gasteiger partial charge in [0.2, 0.25) is 0 Å². The van der Waals surface area contributed by atoms with Gasteiger partial charge < -0.3 is 14.3 Å². The highest BCUT2D eigenvalue weighted by Crippen LogP contribution is 2.22. The van der Waals surface area contributed by atoms with Crippen molar-refractivity contribution in [3.8, 4) is 5.75 Å². The number of carbonyl (C=O) groups is 1. The van der Waals surface area contributed by atoms with Gasteiger partial charge in [-0.3, -0.25) is 0 Å². The average Bonchev–Trinajstić information content (AvgIpc) is 2.69. The number of carbonyl (C=O) groups excluding carboxylic acids is 1. The number of nitrogens with zero attached hydrogens (tertiary/aromatic N) is 1. The largest absolute Gasteiger partial charge is 0.508 e. The molecule has 6 nitrogen and oxygen atoms in total. The van der Waals surface area contributed by atoms with E-state index in [-0.39, 0.29) is 17.9 Å². The zero-order valence-corrected chi connectivity index (χ0v) is 14.7. The van der Waals surface area contributed by atoms with Crippen LogP contribution in [0.1, 0.15) is 11.3 Å². The van der Waals surface area contributed by atoms with Gasteiger partial charge in [0.05, 0.1) is 11.2 Å². The van der Waals surface area contributed by atoms with Gasteiger partial charge in [-0.1, -0.05) is 24.3 Å². The number of hydrogen-bond acceptors (Lipinski definition) is 6. The van der Waals surface area contributed by atoms with E-state index in [4.69, 9.17) is 9.15 Å². The monoisotopic (exact) mass is 373 g/mol. The van der Waals surface area contributed by atoms with Gasteiger partial charge in [0, 0.05) is 34.5 Å². The van der Waals surface area contributed by atoms with E-state index < -0.39 is 11.6 Å². The quantitative estimate of drug-likeness (QED) is 0.332. The number of ether oxygens (including phenoxy) is 1. The fraction of sp³-hybridized carbons (Fsp3) is 0.0455. The van der Waals surface area contributed by atoms with Crippen LogP contribution in [0.25, 0.3) is 27.9 Å². The molecule has 0 saturated carbocycles. The third-order valence-electron chi connectivity index (χ3n) is 4.19. The number of phenols is 1. The van der Waals surface area contributed by atoms with Crippen LogP contribution < -0.4 is 5.63 Å². The SMILES string of the molecule is O=C(/C=C/c1ccc2ccccc2n1)OCc1cc(=O)oc2cc(O)ccc12. The summed E-state index contributed by atoms with van der Waals surface area (Å²) in [5.41, 5.74) is 1.62. The molecule has 2 aromatic heterocycles. The van der Waals surface area contributed by atoms with E-state index in [0.717, 1.165) is 10.9 Å². The fourth-order valence-corrected chi connectivity index (χ4v) is 2.86. The summed E-state index contributed by atoms with van der Waals surface area (Å²) in [6.07, 6.45) is 2.86. The Balaban J connectivity index is 1.49. The van der Waals surface area contributed by atoms with Crippen LogP contribution >= 0.6 is 0 Å². The van der Waals surface area contributed by atoms with Crippen molar-refractivity contribution in [3.05, 3.63) is 88.4 Å². The summed E-state index contributed by atoms with van der Waals surface area (Å²) in [4.78, 5) is 28.2. The molecule has 0 aliphatic carbocycles. The van der Waals surface area contributed by atoms with Gasteiger partial charge in [0.15, 0.2) is 0 Å². The van der Waals surface area contributed by atoms with Gasteiger partial charge in [-0.25, -0.2) is 14.6 Å². The van der Waals surface area contributed by atoms with Crippen LogP contribution in [0.2, 0.25) is 0 Å². The Kier molecular flexibility index (Phi) is 4.60. The van der Waals surface area contributed by atoms with Crippen LogP contribution in [-0.4, -0.2) is 16.1 Å². The highest BCUT2D eigenvalue weighted by atomic mass is 16.5. The maximum atomic E-state index is 12.1. The average molecular weight is 373 g/mol. The van der Waals surface area contributed by atoms with Crippen LogP contribution in [0.4, 0.5) is 0 Å². The summed E-state index contributed by atoms with van der Waals surface area (Å²) in [6, 6.07) is 17.1. The number of phenolic OH excluding ortho intramolecular Hbond substituents is 1. The maximum Gasteiger partial charge on any atom is 0.336 e. The molecule has 0 saturated heterocycles. The summed E-state index contributed by atoms with van der Waals surface area (Å²) < 4.78 is 10.3. The zero-order chi connectivity index (χ0) is 19.5. The van der Waals surface area contributed by atoms with Crippen LogP contribution in [0.5, 0.6) is 5.75 Å². The lowest BCUT2D eigenvalue weighted by molar-refractivity contribution is -0.138. The highest BCUT2D eigenvalue weighted by Gasteiger charge is 2.08. The Hall–Kier alpha value is -3.93. The van der Waals surface area contributed by atoms with Gasteiger partial charge in [0.1, 0.15) is 17.9 Å². The summed E-state index contributed by atoms with van der Waals surface area (Å²) in [7, 11) is 0. The fourth-order valence-electron chi connectivity index (χ4n) is 2.86. The van der Waals surface area contributed by atoms with Gasteiger partial charge in [-0.05, 0) is 30.3 Å². The lowest BCUT2D eigenvalue weighted by Crippen LogP contribution is -2.05. The molecule has 4 aromatic rings. The Labute approximate surface area is 159 Å². The number of hydrogen-bond donors (Lipinski definition) is 1. The molecule has 0 unspecified atom stereocenters. The number of aromatic nitrogens is 1. The first-order valence-electron chi connectivity index (χ1n) is 8.55. The summed E-state index contributed by atoms with van der Waals surface area (Å²) in [5.74, 6) is -0.578. The minimum Gasteiger partial charge on any atom is -0.508 e. The molecule has 2 heterocycles. The van der Waals surface area contributed by atoms with Gasteiger partial charge >= 0.3 is 11.6 Å². The van der Waals surface area contributed by atoms with Crippen LogP contribution in [0, 0.1) is 0 Å². The Morgan fingerprint density at radius 1 is 1.11 bits per heavy atom. The lowest BCUT2D eigenvalue weighted by atomic mass is 10.1. The number of rotatable bonds is 4. The normalized spacial score (nSPS) is 11.3. The topological polar surface area (TPSA) is 89.6 Å². The molecule has 0 aliphatic heterocycles. The van der Waals surface area contributed by atoms with Crippen LogP contribution in [0.15, 0.2) is 76.0 Å². The number of esters is 1. The predicted molar refractivity (Wildman–Crippen MR) is 105 cm³/mol. The van der Waals surface area contributed by atoms with E-state index in [0.29, 0.717) is 16.6 Å². The highest BCUT2D eigenvalue weighted by molar-refractivity contribution is 5.88. The molecular weight excluding hydrogens is 358 g/mol. The van der Waals surface area contributed by atoms with Crippen molar-refractivity contribution in [2.75, 3.05) is 0 Å². The van der Waals surface area contributed by atoms with Crippen molar-refractivity contribution < 1.29 is 19.1 Å². The Bertz CT molecular complexity index is 1270. The molecule has 0 bridgehead atoms. The molecule has 1 N–H and O–H groups in total. The van der Waals surface area contributed by atoms with Crippen molar-refractivity contribution in [2.24, 2.45) is 0 Å². The minimum atomic E-state index is -0.583. The first-order chi connectivity index (χ1) is 13.6. The van der Waals surface area contributed by atoms with Crippen molar-refractivity contribution in [1.82, 2.24) is 4.98 Å². The smallest absolute Gasteiger partial charge is 0.336 e.